The minimum atomic E-state index is -0.690. The van der Waals surface area contributed by atoms with Crippen molar-refractivity contribution in [3.8, 4) is 11.5 Å². The number of carbonyl (C=O) groups is 6. The van der Waals surface area contributed by atoms with E-state index in [1.807, 2.05) is 24.3 Å². The highest BCUT2D eigenvalue weighted by Crippen LogP contribution is 2.34. The van der Waals surface area contributed by atoms with E-state index in [-0.39, 0.29) is 72.7 Å². The zero-order valence-corrected chi connectivity index (χ0v) is 40.8. The third-order valence-electron chi connectivity index (χ3n) is 14.5. The van der Waals surface area contributed by atoms with Gasteiger partial charge in [-0.25, -0.2) is 9.59 Å². The van der Waals surface area contributed by atoms with Gasteiger partial charge < -0.3 is 49.6 Å². The van der Waals surface area contributed by atoms with E-state index in [1.54, 1.807) is 34.1 Å². The number of phenolic OH excluding ortho intramolecular Hbond substituents is 1. The van der Waals surface area contributed by atoms with Crippen LogP contribution in [0.15, 0.2) is 48.5 Å². The average Bonchev–Trinajstić information content (AvgIpc) is 4.00. The summed E-state index contributed by atoms with van der Waals surface area (Å²) >= 11 is 0. The molecule has 4 fully saturated rings. The first-order chi connectivity index (χ1) is 33.5. The van der Waals surface area contributed by atoms with Crippen LogP contribution in [0.1, 0.15) is 127 Å². The zero-order chi connectivity index (χ0) is 49.1. The number of nitrogens with one attached hydrogen (secondary N) is 2. The minimum absolute atomic E-state index is 0.0336. The molecule has 6 atom stereocenters. The molecule has 0 spiro atoms. The number of hydrogen-bond acceptors (Lipinski definition) is 12. The molecule has 380 valence electrons. The van der Waals surface area contributed by atoms with Crippen molar-refractivity contribution in [1.29, 1.82) is 0 Å². The summed E-state index contributed by atoms with van der Waals surface area (Å²) < 4.78 is 21.9. The number of carbonyl (C=O) groups excluding carboxylic acids is 6. The third-order valence-corrected chi connectivity index (χ3v) is 14.5. The lowest BCUT2D eigenvalue weighted by Gasteiger charge is -2.34. The summed E-state index contributed by atoms with van der Waals surface area (Å²) in [5.41, 5.74) is 1.51. The maximum Gasteiger partial charge on any atom is 0.328 e. The second kappa shape index (κ2) is 27.2. The summed E-state index contributed by atoms with van der Waals surface area (Å²) in [4.78, 5) is 82.1. The Hall–Kier alpha value is -5.22. The lowest BCUT2D eigenvalue weighted by atomic mass is 9.83. The van der Waals surface area contributed by atoms with Gasteiger partial charge in [0.2, 0.25) is 23.6 Å². The van der Waals surface area contributed by atoms with Gasteiger partial charge in [0, 0.05) is 32.7 Å². The summed E-state index contributed by atoms with van der Waals surface area (Å²) in [6.07, 6.45) is 16.0. The van der Waals surface area contributed by atoms with Gasteiger partial charge >= 0.3 is 11.9 Å². The van der Waals surface area contributed by atoms with E-state index in [0.717, 1.165) is 114 Å². The molecule has 0 radical (unpaired) electrons. The van der Waals surface area contributed by atoms with Gasteiger partial charge in [-0.05, 0) is 111 Å². The SMILES string of the molecule is COC(=O)[C@@H]1C[C@@H](CCCCCO)CN1C(=O)[C@@H](NC(=O)Cc1cccc(O)c1)C1CCCCC1.COC(=O)[C@@H]1C[C@@H]2CN1C(=O)[C@H](C1CCCCC1)NC(=O)Cc1cccc(c1)OCCCCO2. The van der Waals surface area contributed by atoms with Crippen molar-refractivity contribution in [2.75, 3.05) is 47.1 Å². The number of phenols is 1. The van der Waals surface area contributed by atoms with E-state index in [0.29, 0.717) is 44.7 Å². The van der Waals surface area contributed by atoms with Gasteiger partial charge in [0.1, 0.15) is 35.7 Å². The quantitative estimate of drug-likeness (QED) is 0.144. The first kappa shape index (κ1) is 53.1. The smallest absolute Gasteiger partial charge is 0.328 e. The largest absolute Gasteiger partial charge is 0.508 e. The van der Waals surface area contributed by atoms with E-state index < -0.39 is 36.1 Å². The van der Waals surface area contributed by atoms with Crippen LogP contribution in [0.2, 0.25) is 0 Å². The number of benzene rings is 2. The Labute approximate surface area is 407 Å². The molecule has 16 nitrogen and oxygen atoms in total. The maximum atomic E-state index is 13.9. The van der Waals surface area contributed by atoms with Crippen molar-refractivity contribution >= 4 is 35.6 Å². The molecule has 7 rings (SSSR count). The number of hydrogen-bond donors (Lipinski definition) is 4. The molecule has 4 N–H and O–H groups in total. The van der Waals surface area contributed by atoms with Crippen LogP contribution in [0, 0.1) is 17.8 Å². The topological polar surface area (TPSA) is 210 Å². The van der Waals surface area contributed by atoms with Crippen molar-refractivity contribution in [3.05, 3.63) is 59.7 Å². The molecule has 3 aliphatic heterocycles. The van der Waals surface area contributed by atoms with Gasteiger partial charge in [-0.15, -0.1) is 0 Å². The minimum Gasteiger partial charge on any atom is -0.508 e. The Morgan fingerprint density at radius 2 is 1.52 bits per heavy atom. The normalized spacial score (nSPS) is 24.4. The second-order valence-electron chi connectivity index (χ2n) is 19.6. The van der Waals surface area contributed by atoms with Crippen molar-refractivity contribution in [3.63, 3.8) is 0 Å². The predicted octanol–water partition coefficient (Wildman–Crippen LogP) is 5.57. The van der Waals surface area contributed by atoms with E-state index >= 15 is 0 Å². The highest BCUT2D eigenvalue weighted by Gasteiger charge is 2.46. The van der Waals surface area contributed by atoms with Crippen LogP contribution in [0.4, 0.5) is 0 Å². The molecule has 4 amide bonds. The summed E-state index contributed by atoms with van der Waals surface area (Å²) in [5, 5.41) is 24.8. The molecule has 2 aromatic carbocycles. The molecule has 0 unspecified atom stereocenters. The average molecular weight is 961 g/mol. The summed E-state index contributed by atoms with van der Waals surface area (Å²) in [5.74, 6) is -0.612. The van der Waals surface area contributed by atoms with Gasteiger partial charge in [0.25, 0.3) is 0 Å². The van der Waals surface area contributed by atoms with Crippen LogP contribution in [0.25, 0.3) is 0 Å². The van der Waals surface area contributed by atoms with Crippen molar-refractivity contribution < 1.29 is 57.9 Å². The number of rotatable bonds is 13. The molecule has 0 aromatic heterocycles. The monoisotopic (exact) mass is 961 g/mol. The number of amides is 4. The van der Waals surface area contributed by atoms with E-state index in [9.17, 15) is 33.9 Å². The van der Waals surface area contributed by atoms with Gasteiger partial charge in [0.05, 0.1) is 39.8 Å². The number of nitrogens with zero attached hydrogens (tertiary/aromatic N) is 2. The first-order valence-corrected chi connectivity index (χ1v) is 25.5. The van der Waals surface area contributed by atoms with Crippen molar-refractivity contribution in [2.24, 2.45) is 17.8 Å². The van der Waals surface area contributed by atoms with Crippen LogP contribution < -0.4 is 15.4 Å². The fraction of sp³-hybridized carbons (Fsp3) is 0.660. The number of esters is 2. The molecule has 2 aromatic rings. The molecule has 2 saturated heterocycles. The lowest BCUT2D eigenvalue weighted by molar-refractivity contribution is -0.152. The van der Waals surface area contributed by atoms with Gasteiger partial charge in [-0.2, -0.15) is 0 Å². The molecular weight excluding hydrogens is 885 g/mol. The van der Waals surface area contributed by atoms with Crippen molar-refractivity contribution in [2.45, 2.75) is 159 Å². The van der Waals surface area contributed by atoms with Gasteiger partial charge in [0.15, 0.2) is 0 Å². The Kier molecular flexibility index (Phi) is 21.0. The Balaban J connectivity index is 0.000000227. The Morgan fingerprint density at radius 1 is 0.812 bits per heavy atom. The summed E-state index contributed by atoms with van der Waals surface area (Å²) in [6.45, 7) is 2.07. The first-order valence-electron chi connectivity index (χ1n) is 25.5. The summed E-state index contributed by atoms with van der Waals surface area (Å²) in [6, 6.07) is 11.4. The molecular formula is C53H76N4O12. The number of aliphatic hydroxyl groups is 1. The predicted molar refractivity (Wildman–Crippen MR) is 257 cm³/mol. The van der Waals surface area contributed by atoms with Crippen LogP contribution in [0.3, 0.4) is 0 Å². The van der Waals surface area contributed by atoms with Crippen LogP contribution in [-0.4, -0.2) is 133 Å². The van der Waals surface area contributed by atoms with E-state index in [4.69, 9.17) is 24.1 Å². The number of aliphatic hydroxyl groups excluding tert-OH is 1. The number of fused-ring (bicyclic) bond motifs is 4. The third kappa shape index (κ3) is 15.6. The highest BCUT2D eigenvalue weighted by molar-refractivity contribution is 5.93. The lowest BCUT2D eigenvalue weighted by Crippen LogP contribution is -2.55. The molecule has 16 heteroatoms. The fourth-order valence-electron chi connectivity index (χ4n) is 10.9. The fourth-order valence-corrected chi connectivity index (χ4v) is 10.9. The Bertz CT molecular complexity index is 2000. The number of methoxy groups -OCH3 is 2. The standard InChI is InChI=1S/C27H40N2O6.C26H36N2O6/c1-35-27(34)23-16-20(9-4-3-7-14-30)18-29(23)26(33)25(21-11-5-2-6-12-21)28-24(32)17-19-10-8-13-22(31)15-19;1-32-26(31)22-16-21-17-28(22)25(30)24(19-9-3-2-4-10-19)27-23(29)15-18-8-7-11-20(14-18)33-12-5-6-13-34-21/h8,10,13,15,20-21,23,25,30-31H,2-7,9,11-12,14,16-18H2,1H3,(H,28,32);7-8,11,14,19,21-22,24H,2-6,9-10,12-13,15-17H2,1H3,(H,27,29)/t20-,23+,25+;21-,22+,24+/m11/s1. The second-order valence-corrected chi connectivity index (χ2v) is 19.6. The van der Waals surface area contributed by atoms with Gasteiger partial charge in [-0.3, -0.25) is 19.2 Å². The molecule has 2 saturated carbocycles. The number of ether oxygens (including phenoxy) is 4. The van der Waals surface area contributed by atoms with E-state index in [1.165, 1.54) is 14.2 Å². The Morgan fingerprint density at radius 3 is 2.25 bits per heavy atom. The molecule has 5 aliphatic rings. The maximum absolute atomic E-state index is 13.9. The zero-order valence-electron chi connectivity index (χ0n) is 40.8. The molecule has 4 bridgehead atoms. The molecule has 2 aliphatic carbocycles. The van der Waals surface area contributed by atoms with Crippen LogP contribution in [-0.2, 0) is 55.8 Å². The molecule has 3 heterocycles. The summed E-state index contributed by atoms with van der Waals surface area (Å²) in [7, 11) is 2.68. The number of aromatic hydroxyl groups is 1. The number of likely N-dealkylation sites (tertiary alicyclic amines) is 1. The van der Waals surface area contributed by atoms with Crippen molar-refractivity contribution in [1.82, 2.24) is 20.4 Å². The number of unbranched alkanes of at least 4 members (excludes halogenated alkanes) is 2. The molecule has 69 heavy (non-hydrogen) atoms. The van der Waals surface area contributed by atoms with Gasteiger partial charge in [-0.1, -0.05) is 75.6 Å². The highest BCUT2D eigenvalue weighted by atomic mass is 16.5. The van der Waals surface area contributed by atoms with Crippen LogP contribution >= 0.6 is 0 Å². The van der Waals surface area contributed by atoms with Crippen LogP contribution in [0.5, 0.6) is 11.5 Å². The van der Waals surface area contributed by atoms with E-state index in [2.05, 4.69) is 10.6 Å².